The van der Waals surface area contributed by atoms with E-state index < -0.39 is 5.97 Å². The minimum absolute atomic E-state index is 0.173. The predicted molar refractivity (Wildman–Crippen MR) is 78.7 cm³/mol. The topological polar surface area (TPSA) is 84.2 Å². The molecule has 21 heavy (non-hydrogen) atoms. The zero-order valence-corrected chi connectivity index (χ0v) is 12.2. The highest BCUT2D eigenvalue weighted by Crippen LogP contribution is 2.16. The molecule has 0 atom stereocenters. The molecule has 0 aliphatic carbocycles. The molecule has 0 saturated carbocycles. The average Bonchev–Trinajstić information content (AvgIpc) is 2.82. The fraction of sp³-hybridized carbons (Fsp3) is 0.267. The monoisotopic (exact) mass is 287 g/mol. The Kier molecular flexibility index (Phi) is 4.07. The molecule has 6 nitrogen and oxygen atoms in total. The van der Waals surface area contributed by atoms with Crippen LogP contribution in [0.15, 0.2) is 24.3 Å². The molecule has 1 heterocycles. The summed E-state index contributed by atoms with van der Waals surface area (Å²) in [4.78, 5) is 23.3. The van der Waals surface area contributed by atoms with Crippen LogP contribution in [0.5, 0.6) is 0 Å². The summed E-state index contributed by atoms with van der Waals surface area (Å²) in [5, 5.41) is 16.0. The molecule has 1 aromatic carbocycles. The van der Waals surface area contributed by atoms with Gasteiger partial charge in [-0.2, -0.15) is 5.10 Å². The maximum absolute atomic E-state index is 12.2. The molecule has 0 radical (unpaired) electrons. The van der Waals surface area contributed by atoms with Crippen LogP contribution in [-0.2, 0) is 13.5 Å². The van der Waals surface area contributed by atoms with Gasteiger partial charge in [-0.05, 0) is 37.1 Å². The van der Waals surface area contributed by atoms with Gasteiger partial charge in [0.1, 0.15) is 5.69 Å². The van der Waals surface area contributed by atoms with Gasteiger partial charge >= 0.3 is 5.97 Å². The normalized spacial score (nSPS) is 10.4. The predicted octanol–water partition coefficient (Wildman–Crippen LogP) is 2.24. The largest absolute Gasteiger partial charge is 0.478 e. The Morgan fingerprint density at radius 2 is 2.05 bits per heavy atom. The number of hydrogen-bond donors (Lipinski definition) is 2. The Bertz CT molecular complexity index is 704. The molecule has 110 valence electrons. The number of aromatic nitrogens is 2. The lowest BCUT2D eigenvalue weighted by atomic mass is 10.1. The Morgan fingerprint density at radius 1 is 1.33 bits per heavy atom. The third-order valence-electron chi connectivity index (χ3n) is 3.25. The summed E-state index contributed by atoms with van der Waals surface area (Å²) in [5.41, 5.74) is 2.53. The van der Waals surface area contributed by atoms with Gasteiger partial charge in [0.2, 0.25) is 0 Å². The van der Waals surface area contributed by atoms with Crippen molar-refractivity contribution in [2.75, 3.05) is 5.32 Å². The number of rotatable bonds is 4. The first-order valence-electron chi connectivity index (χ1n) is 6.60. The Balaban J connectivity index is 2.25. The van der Waals surface area contributed by atoms with Gasteiger partial charge in [-0.3, -0.25) is 9.48 Å². The van der Waals surface area contributed by atoms with Crippen molar-refractivity contribution >= 4 is 17.6 Å². The summed E-state index contributed by atoms with van der Waals surface area (Å²) < 4.78 is 1.51. The number of carboxylic acid groups (broad SMARTS) is 1. The number of carbonyl (C=O) groups excluding carboxylic acids is 1. The van der Waals surface area contributed by atoms with Gasteiger partial charge in [0.25, 0.3) is 5.91 Å². The number of benzene rings is 1. The van der Waals surface area contributed by atoms with Gasteiger partial charge in [0.15, 0.2) is 0 Å². The molecule has 1 amide bonds. The van der Waals surface area contributed by atoms with Crippen LogP contribution >= 0.6 is 0 Å². The summed E-state index contributed by atoms with van der Waals surface area (Å²) >= 11 is 0. The first-order chi connectivity index (χ1) is 9.92. The van der Waals surface area contributed by atoms with E-state index in [1.165, 1.54) is 10.7 Å². The van der Waals surface area contributed by atoms with Crippen molar-refractivity contribution in [2.24, 2.45) is 7.05 Å². The molecular weight excluding hydrogens is 270 g/mol. The second-order valence-electron chi connectivity index (χ2n) is 4.79. The van der Waals surface area contributed by atoms with E-state index in [1.54, 1.807) is 32.2 Å². The van der Waals surface area contributed by atoms with E-state index in [2.05, 4.69) is 10.4 Å². The van der Waals surface area contributed by atoms with Crippen LogP contribution in [0.25, 0.3) is 0 Å². The molecule has 0 aliphatic heterocycles. The molecule has 2 rings (SSSR count). The van der Waals surface area contributed by atoms with Crippen LogP contribution in [0.2, 0.25) is 0 Å². The quantitative estimate of drug-likeness (QED) is 0.903. The highest BCUT2D eigenvalue weighted by molar-refractivity contribution is 6.03. The van der Waals surface area contributed by atoms with Gasteiger partial charge in [0.05, 0.1) is 11.3 Å². The number of hydrogen-bond acceptors (Lipinski definition) is 3. The van der Waals surface area contributed by atoms with Crippen molar-refractivity contribution in [3.63, 3.8) is 0 Å². The maximum atomic E-state index is 12.2. The van der Waals surface area contributed by atoms with Crippen molar-refractivity contribution in [2.45, 2.75) is 20.3 Å². The van der Waals surface area contributed by atoms with Gasteiger partial charge in [-0.25, -0.2) is 4.79 Å². The van der Waals surface area contributed by atoms with Crippen LogP contribution in [-0.4, -0.2) is 26.8 Å². The van der Waals surface area contributed by atoms with Crippen molar-refractivity contribution in [3.8, 4) is 0 Å². The molecule has 0 aliphatic rings. The Hall–Kier alpha value is -2.63. The summed E-state index contributed by atoms with van der Waals surface area (Å²) in [6.07, 6.45) is 0.745. The minimum Gasteiger partial charge on any atom is -0.478 e. The van der Waals surface area contributed by atoms with Crippen molar-refractivity contribution in [3.05, 3.63) is 46.8 Å². The number of anilines is 1. The van der Waals surface area contributed by atoms with Gasteiger partial charge in [-0.1, -0.05) is 13.0 Å². The van der Waals surface area contributed by atoms with Crippen LogP contribution in [0.3, 0.4) is 0 Å². The zero-order chi connectivity index (χ0) is 15.6. The van der Waals surface area contributed by atoms with E-state index in [9.17, 15) is 9.59 Å². The number of aryl methyl sites for hydroxylation is 3. The summed E-state index contributed by atoms with van der Waals surface area (Å²) in [6, 6.07) is 6.52. The van der Waals surface area contributed by atoms with E-state index >= 15 is 0 Å². The van der Waals surface area contributed by atoms with Crippen LogP contribution in [0.4, 0.5) is 5.69 Å². The zero-order valence-electron chi connectivity index (χ0n) is 12.2. The number of amides is 1. The molecule has 0 bridgehead atoms. The Morgan fingerprint density at radius 3 is 2.62 bits per heavy atom. The van der Waals surface area contributed by atoms with E-state index in [0.29, 0.717) is 16.9 Å². The average molecular weight is 287 g/mol. The fourth-order valence-electron chi connectivity index (χ4n) is 2.04. The van der Waals surface area contributed by atoms with Gasteiger partial charge in [-0.15, -0.1) is 0 Å². The second-order valence-corrected chi connectivity index (χ2v) is 4.79. The summed E-state index contributed by atoms with van der Waals surface area (Å²) in [6.45, 7) is 3.67. The third-order valence-corrected chi connectivity index (χ3v) is 3.25. The molecule has 0 fully saturated rings. The Labute approximate surface area is 122 Å². The molecular formula is C15H17N3O3. The van der Waals surface area contributed by atoms with E-state index in [1.807, 2.05) is 6.92 Å². The summed E-state index contributed by atoms with van der Waals surface area (Å²) in [7, 11) is 1.70. The molecule has 2 N–H and O–H groups in total. The van der Waals surface area contributed by atoms with Crippen LogP contribution in [0.1, 0.15) is 39.0 Å². The highest BCUT2D eigenvalue weighted by Gasteiger charge is 2.14. The van der Waals surface area contributed by atoms with Crippen molar-refractivity contribution < 1.29 is 14.7 Å². The third kappa shape index (κ3) is 3.10. The lowest BCUT2D eigenvalue weighted by Gasteiger charge is -2.07. The van der Waals surface area contributed by atoms with Gasteiger partial charge in [0, 0.05) is 12.7 Å². The standard InChI is InChI=1S/C15H17N3O3/c1-4-10-8-13(18(3)17-10)14(19)16-11-6-5-9(2)12(7-11)15(20)21/h5-8H,4H2,1-3H3,(H,16,19)(H,20,21). The fourth-order valence-corrected chi connectivity index (χ4v) is 2.04. The smallest absolute Gasteiger partial charge is 0.336 e. The SMILES string of the molecule is CCc1cc(C(=O)Nc2ccc(C)c(C(=O)O)c2)n(C)n1. The van der Waals surface area contributed by atoms with Gasteiger partial charge < -0.3 is 10.4 Å². The molecule has 0 spiro atoms. The van der Waals surface area contributed by atoms with E-state index in [0.717, 1.165) is 12.1 Å². The number of nitrogens with zero attached hydrogens (tertiary/aromatic N) is 2. The number of nitrogens with one attached hydrogen (secondary N) is 1. The highest BCUT2D eigenvalue weighted by atomic mass is 16.4. The number of carboxylic acids is 1. The minimum atomic E-state index is -1.02. The maximum Gasteiger partial charge on any atom is 0.336 e. The number of aromatic carboxylic acids is 1. The van der Waals surface area contributed by atoms with E-state index in [-0.39, 0.29) is 11.5 Å². The molecule has 0 unspecified atom stereocenters. The van der Waals surface area contributed by atoms with Crippen molar-refractivity contribution in [1.29, 1.82) is 0 Å². The summed E-state index contributed by atoms with van der Waals surface area (Å²) in [5.74, 6) is -1.33. The second kappa shape index (κ2) is 5.78. The molecule has 6 heteroatoms. The number of carbonyl (C=O) groups is 2. The van der Waals surface area contributed by atoms with Crippen LogP contribution < -0.4 is 5.32 Å². The molecule has 2 aromatic rings. The van der Waals surface area contributed by atoms with Crippen LogP contribution in [0, 0.1) is 6.92 Å². The molecule has 1 aromatic heterocycles. The van der Waals surface area contributed by atoms with E-state index in [4.69, 9.17) is 5.11 Å². The molecule has 0 saturated heterocycles. The lowest BCUT2D eigenvalue weighted by molar-refractivity contribution is 0.0695. The lowest BCUT2D eigenvalue weighted by Crippen LogP contribution is -2.16. The first-order valence-corrected chi connectivity index (χ1v) is 6.60. The van der Waals surface area contributed by atoms with Crippen molar-refractivity contribution in [1.82, 2.24) is 9.78 Å². The first kappa shape index (κ1) is 14.8.